The maximum Gasteiger partial charge on any atom is 0.271 e. The van der Waals surface area contributed by atoms with E-state index in [1.54, 1.807) is 24.4 Å². The van der Waals surface area contributed by atoms with Gasteiger partial charge in [-0.2, -0.15) is 0 Å². The van der Waals surface area contributed by atoms with Gasteiger partial charge in [-0.1, -0.05) is 29.8 Å². The van der Waals surface area contributed by atoms with Crippen molar-refractivity contribution in [3.8, 4) is 0 Å². The molecule has 1 aromatic heterocycles. The minimum atomic E-state index is -0.457. The summed E-state index contributed by atoms with van der Waals surface area (Å²) in [7, 11) is 0. The molecule has 3 aromatic rings. The van der Waals surface area contributed by atoms with Crippen molar-refractivity contribution in [2.24, 2.45) is 0 Å². The van der Waals surface area contributed by atoms with Crippen molar-refractivity contribution in [3.05, 3.63) is 75.5 Å². The average Bonchev–Trinajstić information content (AvgIpc) is 2.90. The first kappa shape index (κ1) is 13.1. The predicted molar refractivity (Wildman–Crippen MR) is 79.6 cm³/mol. The fourth-order valence-electron chi connectivity index (χ4n) is 2.28. The van der Waals surface area contributed by atoms with E-state index in [9.17, 15) is 14.9 Å². The van der Waals surface area contributed by atoms with Crippen molar-refractivity contribution in [2.75, 3.05) is 0 Å². The largest absolute Gasteiger partial charge is 0.360 e. The Kier molecular flexibility index (Phi) is 3.02. The van der Waals surface area contributed by atoms with Gasteiger partial charge in [0.05, 0.1) is 10.4 Å². The minimum absolute atomic E-state index is 0.00122. The van der Waals surface area contributed by atoms with E-state index in [0.717, 1.165) is 5.56 Å². The van der Waals surface area contributed by atoms with E-state index in [-0.39, 0.29) is 11.5 Å². The van der Waals surface area contributed by atoms with Crippen molar-refractivity contribution < 1.29 is 9.72 Å². The van der Waals surface area contributed by atoms with Crippen LogP contribution in [0, 0.1) is 17.0 Å². The Morgan fingerprint density at radius 3 is 2.52 bits per heavy atom. The zero-order chi connectivity index (χ0) is 15.0. The van der Waals surface area contributed by atoms with E-state index >= 15 is 0 Å². The monoisotopic (exact) mass is 280 g/mol. The van der Waals surface area contributed by atoms with Gasteiger partial charge in [-0.25, -0.2) is 0 Å². The molecule has 0 aliphatic heterocycles. The first-order valence-electron chi connectivity index (χ1n) is 6.43. The van der Waals surface area contributed by atoms with E-state index in [0.29, 0.717) is 22.0 Å². The average molecular weight is 280 g/mol. The van der Waals surface area contributed by atoms with Gasteiger partial charge >= 0.3 is 0 Å². The lowest BCUT2D eigenvalue weighted by molar-refractivity contribution is -0.384. The third kappa shape index (κ3) is 2.29. The Bertz CT molecular complexity index is 848. The van der Waals surface area contributed by atoms with Crippen molar-refractivity contribution in [2.45, 2.75) is 6.92 Å². The van der Waals surface area contributed by atoms with Crippen LogP contribution in [0.4, 0.5) is 5.69 Å². The van der Waals surface area contributed by atoms with Crippen LogP contribution in [0.1, 0.15) is 21.5 Å². The van der Waals surface area contributed by atoms with Crippen LogP contribution >= 0.6 is 0 Å². The molecular formula is C16H12N2O3. The number of fused-ring (bicyclic) bond motifs is 1. The summed E-state index contributed by atoms with van der Waals surface area (Å²) in [5.74, 6) is -0.102. The van der Waals surface area contributed by atoms with Crippen LogP contribution < -0.4 is 0 Å². The van der Waals surface area contributed by atoms with Gasteiger partial charge in [0.2, 0.25) is 0 Å². The molecule has 21 heavy (non-hydrogen) atoms. The van der Waals surface area contributed by atoms with Gasteiger partial charge in [0.1, 0.15) is 0 Å². The standard InChI is InChI=1S/C16H12N2O3/c1-10-2-4-11(5-3-10)16(19)14-9-17-15-8-12(18(20)21)6-7-13(14)15/h2-9,17H,1H3. The van der Waals surface area contributed by atoms with Crippen molar-refractivity contribution >= 4 is 22.4 Å². The molecule has 3 rings (SSSR count). The van der Waals surface area contributed by atoms with Crippen LogP contribution in [0.3, 0.4) is 0 Å². The highest BCUT2D eigenvalue weighted by Crippen LogP contribution is 2.25. The second-order valence-corrected chi connectivity index (χ2v) is 4.88. The number of nitro benzene ring substituents is 1. The number of hydrogen-bond acceptors (Lipinski definition) is 3. The smallest absolute Gasteiger partial charge is 0.271 e. The quantitative estimate of drug-likeness (QED) is 0.452. The first-order valence-corrected chi connectivity index (χ1v) is 6.43. The molecule has 104 valence electrons. The number of carbonyl (C=O) groups is 1. The molecule has 5 heteroatoms. The Labute approximate surface area is 120 Å². The van der Waals surface area contributed by atoms with Crippen molar-refractivity contribution in [3.63, 3.8) is 0 Å². The van der Waals surface area contributed by atoms with Gasteiger partial charge in [0.15, 0.2) is 5.78 Å². The maximum absolute atomic E-state index is 12.5. The van der Waals surface area contributed by atoms with Gasteiger partial charge in [-0.3, -0.25) is 14.9 Å². The highest BCUT2D eigenvalue weighted by Gasteiger charge is 2.16. The summed E-state index contributed by atoms with van der Waals surface area (Å²) < 4.78 is 0. The van der Waals surface area contributed by atoms with E-state index in [2.05, 4.69) is 4.98 Å². The molecule has 0 atom stereocenters. The van der Waals surface area contributed by atoms with E-state index in [1.165, 1.54) is 12.1 Å². The number of rotatable bonds is 3. The van der Waals surface area contributed by atoms with E-state index in [1.807, 2.05) is 19.1 Å². The summed E-state index contributed by atoms with van der Waals surface area (Å²) in [5.41, 5.74) is 2.78. The number of nitro groups is 1. The number of benzene rings is 2. The Hall–Kier alpha value is -2.95. The summed E-state index contributed by atoms with van der Waals surface area (Å²) in [6.45, 7) is 1.96. The third-order valence-electron chi connectivity index (χ3n) is 3.43. The van der Waals surface area contributed by atoms with Gasteiger partial charge in [0, 0.05) is 34.8 Å². The molecule has 1 heterocycles. The van der Waals surface area contributed by atoms with Crippen LogP contribution in [0.2, 0.25) is 0 Å². The Balaban J connectivity index is 2.06. The van der Waals surface area contributed by atoms with Crippen LogP contribution in [0.25, 0.3) is 10.9 Å². The maximum atomic E-state index is 12.5. The molecule has 0 amide bonds. The zero-order valence-corrected chi connectivity index (χ0v) is 11.3. The second-order valence-electron chi connectivity index (χ2n) is 4.88. The SMILES string of the molecule is Cc1ccc(C(=O)c2c[nH]c3cc([N+](=O)[O-])ccc23)cc1. The van der Waals surface area contributed by atoms with E-state index < -0.39 is 4.92 Å². The first-order chi connectivity index (χ1) is 10.1. The summed E-state index contributed by atoms with van der Waals surface area (Å²) in [6, 6.07) is 11.8. The summed E-state index contributed by atoms with van der Waals surface area (Å²) in [5, 5.41) is 11.4. The lowest BCUT2D eigenvalue weighted by Crippen LogP contribution is -2.00. The zero-order valence-electron chi connectivity index (χ0n) is 11.3. The summed E-state index contributed by atoms with van der Waals surface area (Å²) >= 11 is 0. The highest BCUT2D eigenvalue weighted by molar-refractivity contribution is 6.16. The number of nitrogens with one attached hydrogen (secondary N) is 1. The minimum Gasteiger partial charge on any atom is -0.360 e. The molecule has 0 saturated heterocycles. The molecule has 5 nitrogen and oxygen atoms in total. The second kappa shape index (κ2) is 4.86. The molecule has 1 N–H and O–H groups in total. The summed E-state index contributed by atoms with van der Waals surface area (Å²) in [6.07, 6.45) is 1.59. The van der Waals surface area contributed by atoms with Crippen LogP contribution in [-0.4, -0.2) is 15.7 Å². The number of hydrogen-bond donors (Lipinski definition) is 1. The number of aromatic amines is 1. The third-order valence-corrected chi connectivity index (χ3v) is 3.43. The molecule has 0 aliphatic rings. The van der Waals surface area contributed by atoms with Crippen LogP contribution in [-0.2, 0) is 0 Å². The summed E-state index contributed by atoms with van der Waals surface area (Å²) in [4.78, 5) is 25.7. The number of non-ortho nitro benzene ring substituents is 1. The fourth-order valence-corrected chi connectivity index (χ4v) is 2.28. The molecule has 0 spiro atoms. The van der Waals surface area contributed by atoms with Gasteiger partial charge in [0.25, 0.3) is 5.69 Å². The van der Waals surface area contributed by atoms with Crippen molar-refractivity contribution in [1.82, 2.24) is 4.98 Å². The molecule has 0 unspecified atom stereocenters. The normalized spacial score (nSPS) is 10.7. The van der Waals surface area contributed by atoms with Gasteiger partial charge in [-0.15, -0.1) is 0 Å². The van der Waals surface area contributed by atoms with Crippen LogP contribution in [0.5, 0.6) is 0 Å². The van der Waals surface area contributed by atoms with Gasteiger partial charge < -0.3 is 4.98 Å². The number of ketones is 1. The Morgan fingerprint density at radius 1 is 1.14 bits per heavy atom. The molecule has 0 saturated carbocycles. The molecule has 0 aliphatic carbocycles. The van der Waals surface area contributed by atoms with E-state index in [4.69, 9.17) is 0 Å². The molecule has 0 fully saturated rings. The number of aromatic nitrogens is 1. The number of aryl methyl sites for hydroxylation is 1. The number of carbonyl (C=O) groups excluding carboxylic acids is 1. The topological polar surface area (TPSA) is 76.0 Å². The molecule has 0 bridgehead atoms. The fraction of sp³-hybridized carbons (Fsp3) is 0.0625. The lowest BCUT2D eigenvalue weighted by Gasteiger charge is -2.00. The van der Waals surface area contributed by atoms with Gasteiger partial charge in [-0.05, 0) is 13.0 Å². The predicted octanol–water partition coefficient (Wildman–Crippen LogP) is 3.62. The molecule has 0 radical (unpaired) electrons. The molecular weight excluding hydrogens is 268 g/mol. The number of nitrogens with zero attached hydrogens (tertiary/aromatic N) is 1. The highest BCUT2D eigenvalue weighted by atomic mass is 16.6. The van der Waals surface area contributed by atoms with Crippen LogP contribution in [0.15, 0.2) is 48.7 Å². The van der Waals surface area contributed by atoms with Crippen molar-refractivity contribution in [1.29, 1.82) is 0 Å². The number of H-pyrrole nitrogens is 1. The Morgan fingerprint density at radius 2 is 1.86 bits per heavy atom. The molecule has 2 aromatic carbocycles. The lowest BCUT2D eigenvalue weighted by atomic mass is 10.0.